The van der Waals surface area contributed by atoms with Crippen molar-refractivity contribution in [2.24, 2.45) is 0 Å². The van der Waals surface area contributed by atoms with Gasteiger partial charge >= 0.3 is 0 Å². The van der Waals surface area contributed by atoms with Gasteiger partial charge in [0.25, 0.3) is 0 Å². The van der Waals surface area contributed by atoms with Gasteiger partial charge in [0.15, 0.2) is 0 Å². The van der Waals surface area contributed by atoms with E-state index < -0.39 is 0 Å². The van der Waals surface area contributed by atoms with E-state index in [0.29, 0.717) is 15.7 Å². The Morgan fingerprint density at radius 2 is 1.47 bits per heavy atom. The van der Waals surface area contributed by atoms with Crippen molar-refractivity contribution in [2.75, 3.05) is 4.90 Å². The summed E-state index contributed by atoms with van der Waals surface area (Å²) in [6.45, 7) is 0. The number of anilines is 2. The number of rotatable bonds is 3. The molecule has 2 nitrogen and oxygen atoms in total. The molecule has 86 valence electrons. The minimum atomic E-state index is 0.496. The summed E-state index contributed by atoms with van der Waals surface area (Å²) in [6, 6.07) is 14.3. The molecular formula is C13H9Cl2NO. The van der Waals surface area contributed by atoms with Gasteiger partial charge in [-0.1, -0.05) is 41.4 Å². The zero-order valence-corrected chi connectivity index (χ0v) is 10.3. The number of hydrogen-bond donors (Lipinski definition) is 0. The lowest BCUT2D eigenvalue weighted by Gasteiger charge is -2.18. The van der Waals surface area contributed by atoms with Gasteiger partial charge in [-0.05, 0) is 30.3 Å². The van der Waals surface area contributed by atoms with Crippen molar-refractivity contribution < 1.29 is 4.79 Å². The van der Waals surface area contributed by atoms with E-state index in [1.54, 1.807) is 18.2 Å². The maximum Gasteiger partial charge on any atom is 0.218 e. The lowest BCUT2D eigenvalue weighted by molar-refractivity contribution is -0.106. The van der Waals surface area contributed by atoms with Crippen LogP contribution in [0.1, 0.15) is 0 Å². The van der Waals surface area contributed by atoms with E-state index in [-0.39, 0.29) is 0 Å². The Morgan fingerprint density at radius 3 is 2.00 bits per heavy atom. The molecule has 4 heteroatoms. The van der Waals surface area contributed by atoms with Crippen molar-refractivity contribution in [1.29, 1.82) is 0 Å². The van der Waals surface area contributed by atoms with Crippen molar-refractivity contribution in [3.05, 3.63) is 58.6 Å². The second-order valence-electron chi connectivity index (χ2n) is 3.44. The van der Waals surface area contributed by atoms with Gasteiger partial charge in [-0.15, -0.1) is 0 Å². The van der Waals surface area contributed by atoms with Crippen LogP contribution >= 0.6 is 23.2 Å². The molecule has 0 aliphatic heterocycles. The average Bonchev–Trinajstić information content (AvgIpc) is 2.30. The molecule has 0 saturated carbocycles. The van der Waals surface area contributed by atoms with Gasteiger partial charge in [-0.3, -0.25) is 9.69 Å². The minimum Gasteiger partial charge on any atom is -0.284 e. The maximum absolute atomic E-state index is 11.2. The van der Waals surface area contributed by atoms with Crippen molar-refractivity contribution in [3.8, 4) is 0 Å². The van der Waals surface area contributed by atoms with E-state index in [9.17, 15) is 4.79 Å². The average molecular weight is 266 g/mol. The highest BCUT2D eigenvalue weighted by Gasteiger charge is 2.09. The number of carbonyl (C=O) groups is 1. The molecule has 0 atom stereocenters. The first-order valence-corrected chi connectivity index (χ1v) is 5.72. The predicted molar refractivity (Wildman–Crippen MR) is 71.1 cm³/mol. The fourth-order valence-corrected chi connectivity index (χ4v) is 2.05. The van der Waals surface area contributed by atoms with Crippen LogP contribution in [-0.4, -0.2) is 6.41 Å². The molecule has 0 saturated heterocycles. The van der Waals surface area contributed by atoms with Gasteiger partial charge < -0.3 is 0 Å². The lowest BCUT2D eigenvalue weighted by atomic mass is 10.2. The maximum atomic E-state index is 11.2. The van der Waals surface area contributed by atoms with Crippen LogP contribution in [-0.2, 0) is 4.79 Å². The second kappa shape index (κ2) is 5.21. The summed E-state index contributed by atoms with van der Waals surface area (Å²) >= 11 is 11.8. The van der Waals surface area contributed by atoms with Crippen molar-refractivity contribution in [1.82, 2.24) is 0 Å². The zero-order valence-electron chi connectivity index (χ0n) is 8.81. The number of nitrogens with zero attached hydrogens (tertiary/aromatic N) is 1. The fraction of sp³-hybridized carbons (Fsp3) is 0. The summed E-state index contributed by atoms with van der Waals surface area (Å²) in [7, 11) is 0. The van der Waals surface area contributed by atoms with Crippen LogP contribution in [0.3, 0.4) is 0 Å². The Labute approximate surface area is 109 Å². The lowest BCUT2D eigenvalue weighted by Crippen LogP contribution is -2.13. The topological polar surface area (TPSA) is 20.3 Å². The number of amides is 1. The molecule has 0 unspecified atom stereocenters. The van der Waals surface area contributed by atoms with Crippen LogP contribution in [0.25, 0.3) is 0 Å². The van der Waals surface area contributed by atoms with Crippen molar-refractivity contribution >= 4 is 41.0 Å². The highest BCUT2D eigenvalue weighted by Crippen LogP contribution is 2.29. The Bertz CT molecular complexity index is 508. The van der Waals surface area contributed by atoms with Crippen LogP contribution in [0.4, 0.5) is 11.4 Å². The molecule has 17 heavy (non-hydrogen) atoms. The molecule has 0 radical (unpaired) electrons. The quantitative estimate of drug-likeness (QED) is 0.759. The molecule has 0 fully saturated rings. The van der Waals surface area contributed by atoms with Crippen LogP contribution < -0.4 is 4.90 Å². The van der Waals surface area contributed by atoms with Crippen LogP contribution in [0, 0.1) is 0 Å². The monoisotopic (exact) mass is 265 g/mol. The fourth-order valence-electron chi connectivity index (χ4n) is 1.54. The summed E-state index contributed by atoms with van der Waals surface area (Å²) in [6.07, 6.45) is 0.733. The number of halogens is 2. The Hall–Kier alpha value is -1.51. The van der Waals surface area contributed by atoms with E-state index in [1.165, 1.54) is 4.90 Å². The summed E-state index contributed by atoms with van der Waals surface area (Å²) < 4.78 is 0. The third kappa shape index (κ3) is 2.78. The molecule has 0 N–H and O–H groups in total. The van der Waals surface area contributed by atoms with Gasteiger partial charge in [0.2, 0.25) is 6.41 Å². The highest BCUT2D eigenvalue weighted by molar-refractivity contribution is 6.35. The van der Waals surface area contributed by atoms with Crippen LogP contribution in [0.2, 0.25) is 10.0 Å². The molecule has 2 rings (SSSR count). The van der Waals surface area contributed by atoms with Crippen LogP contribution in [0.5, 0.6) is 0 Å². The number of benzene rings is 2. The zero-order chi connectivity index (χ0) is 12.3. The summed E-state index contributed by atoms with van der Waals surface area (Å²) in [5.41, 5.74) is 1.41. The van der Waals surface area contributed by atoms with Crippen molar-refractivity contribution in [3.63, 3.8) is 0 Å². The Morgan fingerprint density at radius 1 is 0.882 bits per heavy atom. The molecular weight excluding hydrogens is 257 g/mol. The molecule has 0 aliphatic rings. The molecule has 2 aromatic carbocycles. The predicted octanol–water partition coefficient (Wildman–Crippen LogP) is 4.29. The van der Waals surface area contributed by atoms with E-state index in [2.05, 4.69) is 0 Å². The molecule has 0 heterocycles. The largest absolute Gasteiger partial charge is 0.284 e. The molecule has 0 bridgehead atoms. The molecule has 2 aromatic rings. The summed E-state index contributed by atoms with van der Waals surface area (Å²) in [5, 5.41) is 0.991. The van der Waals surface area contributed by atoms with Crippen LogP contribution in [0.15, 0.2) is 48.5 Å². The van der Waals surface area contributed by atoms with E-state index in [1.807, 2.05) is 30.3 Å². The number of hydrogen-bond acceptors (Lipinski definition) is 1. The third-order valence-corrected chi connectivity index (χ3v) is 2.70. The molecule has 0 aromatic heterocycles. The van der Waals surface area contributed by atoms with Gasteiger partial charge in [-0.2, -0.15) is 0 Å². The first-order valence-electron chi connectivity index (χ1n) is 4.96. The van der Waals surface area contributed by atoms with E-state index >= 15 is 0 Å². The van der Waals surface area contributed by atoms with Gasteiger partial charge in [0.05, 0.1) is 5.69 Å². The van der Waals surface area contributed by atoms with Gasteiger partial charge in [-0.25, -0.2) is 0 Å². The molecule has 0 spiro atoms. The molecule has 1 amide bonds. The second-order valence-corrected chi connectivity index (χ2v) is 4.31. The summed E-state index contributed by atoms with van der Waals surface area (Å²) in [5.74, 6) is 0. The van der Waals surface area contributed by atoms with Gasteiger partial charge in [0, 0.05) is 15.7 Å². The van der Waals surface area contributed by atoms with E-state index in [0.717, 1.165) is 12.1 Å². The first kappa shape index (κ1) is 12.0. The Kier molecular flexibility index (Phi) is 3.67. The Balaban J connectivity index is 2.46. The number of carbonyl (C=O) groups excluding carboxylic acids is 1. The standard InChI is InChI=1S/C13H9Cl2NO/c14-10-6-11(15)8-13(7-10)16(9-17)12-4-2-1-3-5-12/h1-9H. The molecule has 0 aliphatic carbocycles. The van der Waals surface area contributed by atoms with Gasteiger partial charge in [0.1, 0.15) is 0 Å². The summed E-state index contributed by atoms with van der Waals surface area (Å²) in [4.78, 5) is 12.7. The smallest absolute Gasteiger partial charge is 0.218 e. The minimum absolute atomic E-state index is 0.496. The first-order chi connectivity index (χ1) is 8.20. The number of para-hydroxylation sites is 1. The highest BCUT2D eigenvalue weighted by atomic mass is 35.5. The third-order valence-electron chi connectivity index (χ3n) is 2.27. The van der Waals surface area contributed by atoms with Crippen molar-refractivity contribution in [2.45, 2.75) is 0 Å². The SMILES string of the molecule is O=CN(c1ccccc1)c1cc(Cl)cc(Cl)c1. The van der Waals surface area contributed by atoms with E-state index in [4.69, 9.17) is 23.2 Å². The normalized spacial score (nSPS) is 10.0.